The number of benzene rings is 1. The van der Waals surface area contributed by atoms with E-state index in [1.165, 1.54) is 0 Å². The maximum absolute atomic E-state index is 11.9. The molecule has 4 heteroatoms. The first-order valence-electron chi connectivity index (χ1n) is 5.84. The predicted molar refractivity (Wildman–Crippen MR) is 65.9 cm³/mol. The highest BCUT2D eigenvalue weighted by Crippen LogP contribution is 2.43. The molecule has 92 valence electrons. The van der Waals surface area contributed by atoms with Crippen LogP contribution in [-0.4, -0.2) is 24.1 Å². The highest BCUT2D eigenvalue weighted by atomic mass is 16.3. The van der Waals surface area contributed by atoms with Gasteiger partial charge in [0.2, 0.25) is 0 Å². The zero-order chi connectivity index (χ0) is 12.5. The van der Waals surface area contributed by atoms with Gasteiger partial charge in [0.05, 0.1) is 5.56 Å². The van der Waals surface area contributed by atoms with Crippen LogP contribution in [0, 0.1) is 12.3 Å². The molecule has 1 aliphatic carbocycles. The van der Waals surface area contributed by atoms with E-state index in [-0.39, 0.29) is 17.1 Å². The Labute approximate surface area is 101 Å². The van der Waals surface area contributed by atoms with Crippen molar-refractivity contribution >= 4 is 5.91 Å². The number of rotatable bonds is 4. The van der Waals surface area contributed by atoms with Gasteiger partial charge in [-0.2, -0.15) is 0 Å². The minimum absolute atomic E-state index is 0.0192. The Balaban J connectivity index is 2.02. The Kier molecular flexibility index (Phi) is 3.07. The van der Waals surface area contributed by atoms with Gasteiger partial charge in [0.25, 0.3) is 5.91 Å². The van der Waals surface area contributed by atoms with E-state index in [0.29, 0.717) is 18.7 Å². The Morgan fingerprint density at radius 3 is 2.82 bits per heavy atom. The molecule has 0 radical (unpaired) electrons. The number of amides is 1. The summed E-state index contributed by atoms with van der Waals surface area (Å²) in [4.78, 5) is 11.9. The quantitative estimate of drug-likeness (QED) is 0.732. The molecule has 4 nitrogen and oxygen atoms in total. The zero-order valence-corrected chi connectivity index (χ0v) is 9.99. The average molecular weight is 234 g/mol. The summed E-state index contributed by atoms with van der Waals surface area (Å²) in [7, 11) is 0. The number of aromatic hydroxyl groups is 1. The summed E-state index contributed by atoms with van der Waals surface area (Å²) in [5.41, 5.74) is 7.04. The van der Waals surface area contributed by atoms with E-state index >= 15 is 0 Å². The molecule has 2 rings (SSSR count). The molecular formula is C13H18N2O2. The first kappa shape index (κ1) is 11.9. The summed E-state index contributed by atoms with van der Waals surface area (Å²) >= 11 is 0. The van der Waals surface area contributed by atoms with Crippen molar-refractivity contribution < 1.29 is 9.90 Å². The Hall–Kier alpha value is -1.55. The molecule has 1 fully saturated rings. The number of hydrogen-bond acceptors (Lipinski definition) is 3. The number of phenolic OH excluding ortho intramolecular Hbond substituents is 1. The van der Waals surface area contributed by atoms with E-state index in [9.17, 15) is 9.90 Å². The molecule has 1 aromatic rings. The van der Waals surface area contributed by atoms with Crippen LogP contribution in [0.2, 0.25) is 0 Å². The van der Waals surface area contributed by atoms with Crippen molar-refractivity contribution in [2.75, 3.05) is 13.1 Å². The third-order valence-electron chi connectivity index (χ3n) is 3.41. The second-order valence-corrected chi connectivity index (χ2v) is 4.91. The minimum atomic E-state index is -0.231. The summed E-state index contributed by atoms with van der Waals surface area (Å²) in [6, 6.07) is 5.00. The van der Waals surface area contributed by atoms with E-state index in [4.69, 9.17) is 5.73 Å². The maximum atomic E-state index is 11.9. The number of phenols is 1. The second-order valence-electron chi connectivity index (χ2n) is 4.91. The van der Waals surface area contributed by atoms with Gasteiger partial charge >= 0.3 is 0 Å². The van der Waals surface area contributed by atoms with Crippen LogP contribution in [0.15, 0.2) is 18.2 Å². The third kappa shape index (κ3) is 2.58. The van der Waals surface area contributed by atoms with Crippen LogP contribution in [0.1, 0.15) is 28.8 Å². The summed E-state index contributed by atoms with van der Waals surface area (Å²) in [6.07, 6.45) is 2.15. The van der Waals surface area contributed by atoms with Crippen LogP contribution in [-0.2, 0) is 0 Å². The van der Waals surface area contributed by atoms with Gasteiger partial charge in [0.15, 0.2) is 0 Å². The van der Waals surface area contributed by atoms with Gasteiger partial charge in [-0.05, 0) is 38.4 Å². The highest BCUT2D eigenvalue weighted by Gasteiger charge is 2.41. The number of carbonyl (C=O) groups is 1. The van der Waals surface area contributed by atoms with Gasteiger partial charge in [0.1, 0.15) is 5.75 Å². The number of nitrogens with two attached hydrogens (primary N) is 1. The molecule has 0 heterocycles. The van der Waals surface area contributed by atoms with Crippen LogP contribution < -0.4 is 11.1 Å². The van der Waals surface area contributed by atoms with Crippen LogP contribution in [0.4, 0.5) is 0 Å². The van der Waals surface area contributed by atoms with Crippen molar-refractivity contribution in [1.29, 1.82) is 0 Å². The highest BCUT2D eigenvalue weighted by molar-refractivity contribution is 5.97. The molecule has 0 aromatic heterocycles. The fourth-order valence-corrected chi connectivity index (χ4v) is 1.82. The molecule has 1 amide bonds. The lowest BCUT2D eigenvalue weighted by Crippen LogP contribution is -2.33. The monoisotopic (exact) mass is 234 g/mol. The van der Waals surface area contributed by atoms with Crippen LogP contribution in [0.3, 0.4) is 0 Å². The predicted octanol–water partition coefficient (Wildman–Crippen LogP) is 1.17. The summed E-state index contributed by atoms with van der Waals surface area (Å²) < 4.78 is 0. The fourth-order valence-electron chi connectivity index (χ4n) is 1.82. The summed E-state index contributed by atoms with van der Waals surface area (Å²) in [5.74, 6) is -0.211. The van der Waals surface area contributed by atoms with Gasteiger partial charge in [-0.3, -0.25) is 4.79 Å². The lowest BCUT2D eigenvalue weighted by Gasteiger charge is -2.14. The fraction of sp³-hybridized carbons (Fsp3) is 0.462. The van der Waals surface area contributed by atoms with Gasteiger partial charge in [-0.15, -0.1) is 0 Å². The van der Waals surface area contributed by atoms with Crippen molar-refractivity contribution in [3.8, 4) is 5.75 Å². The zero-order valence-electron chi connectivity index (χ0n) is 9.99. The average Bonchev–Trinajstić information content (AvgIpc) is 3.10. The molecule has 4 N–H and O–H groups in total. The smallest absolute Gasteiger partial charge is 0.255 e. The number of aryl methyl sites for hydroxylation is 1. The van der Waals surface area contributed by atoms with E-state index in [1.54, 1.807) is 18.2 Å². The van der Waals surface area contributed by atoms with Crippen molar-refractivity contribution in [3.63, 3.8) is 0 Å². The molecule has 0 bridgehead atoms. The third-order valence-corrected chi connectivity index (χ3v) is 3.41. The van der Waals surface area contributed by atoms with Crippen molar-refractivity contribution in [2.45, 2.75) is 19.8 Å². The van der Waals surface area contributed by atoms with E-state index in [1.807, 2.05) is 6.92 Å². The number of carbonyl (C=O) groups excluding carboxylic acids is 1. The first-order valence-corrected chi connectivity index (χ1v) is 5.84. The Morgan fingerprint density at radius 2 is 2.24 bits per heavy atom. The molecule has 1 aromatic carbocycles. The summed E-state index contributed by atoms with van der Waals surface area (Å²) in [5, 5.41) is 12.5. The lowest BCUT2D eigenvalue weighted by molar-refractivity contribution is 0.0942. The molecule has 1 saturated carbocycles. The van der Waals surface area contributed by atoms with Crippen LogP contribution in [0.5, 0.6) is 5.75 Å². The molecular weight excluding hydrogens is 216 g/mol. The number of hydrogen-bond donors (Lipinski definition) is 3. The molecule has 0 spiro atoms. The normalized spacial score (nSPS) is 16.6. The summed E-state index contributed by atoms with van der Waals surface area (Å²) in [6.45, 7) is 3.08. The van der Waals surface area contributed by atoms with Crippen LogP contribution in [0.25, 0.3) is 0 Å². The molecule has 17 heavy (non-hydrogen) atoms. The molecule has 0 saturated heterocycles. The van der Waals surface area contributed by atoms with Gasteiger partial charge in [-0.25, -0.2) is 0 Å². The lowest BCUT2D eigenvalue weighted by atomic mass is 10.1. The van der Waals surface area contributed by atoms with E-state index in [0.717, 1.165) is 18.4 Å². The van der Waals surface area contributed by atoms with Gasteiger partial charge < -0.3 is 16.2 Å². The largest absolute Gasteiger partial charge is 0.507 e. The molecule has 0 aliphatic heterocycles. The van der Waals surface area contributed by atoms with E-state index in [2.05, 4.69) is 5.32 Å². The van der Waals surface area contributed by atoms with Crippen LogP contribution >= 0.6 is 0 Å². The van der Waals surface area contributed by atoms with Gasteiger partial charge in [0, 0.05) is 12.0 Å². The standard InChI is InChI=1S/C13H18N2O2/c1-9-2-3-11(16)10(6-9)12(17)15-8-13(7-14)4-5-13/h2-3,6,16H,4-5,7-8,14H2,1H3,(H,15,17). The molecule has 0 unspecified atom stereocenters. The van der Waals surface area contributed by atoms with Gasteiger partial charge in [-0.1, -0.05) is 11.6 Å². The first-order chi connectivity index (χ1) is 8.06. The minimum Gasteiger partial charge on any atom is -0.507 e. The number of nitrogens with one attached hydrogen (secondary N) is 1. The Morgan fingerprint density at radius 1 is 1.53 bits per heavy atom. The van der Waals surface area contributed by atoms with E-state index < -0.39 is 0 Å². The van der Waals surface area contributed by atoms with Crippen molar-refractivity contribution in [1.82, 2.24) is 5.32 Å². The molecule has 1 aliphatic rings. The topological polar surface area (TPSA) is 75.3 Å². The second kappa shape index (κ2) is 4.37. The van der Waals surface area contributed by atoms with Crippen molar-refractivity contribution in [2.24, 2.45) is 11.1 Å². The molecule has 0 atom stereocenters. The maximum Gasteiger partial charge on any atom is 0.255 e. The SMILES string of the molecule is Cc1ccc(O)c(C(=O)NCC2(CN)CC2)c1. The Bertz CT molecular complexity index is 439. The van der Waals surface area contributed by atoms with Crippen molar-refractivity contribution in [3.05, 3.63) is 29.3 Å².